The molecule has 0 N–H and O–H groups in total. The fraction of sp³-hybridized carbons (Fsp3) is 0.200. The van der Waals surface area contributed by atoms with Crippen LogP contribution in [-0.2, 0) is 9.59 Å². The predicted molar refractivity (Wildman–Crippen MR) is 46.3 cm³/mol. The molecule has 1 unspecified atom stereocenters. The Bertz CT molecular complexity index is 322. The molecule has 0 fully saturated rings. The van der Waals surface area contributed by atoms with Gasteiger partial charge in [-0.2, -0.15) is 8.78 Å². The molecule has 1 aromatic carbocycles. The summed E-state index contributed by atoms with van der Waals surface area (Å²) < 4.78 is 25.8. The fourth-order valence-electron chi connectivity index (χ4n) is 1.13. The molecule has 0 saturated heterocycles. The molecule has 0 aliphatic heterocycles. The van der Waals surface area contributed by atoms with E-state index < -0.39 is 18.1 Å². The van der Waals surface area contributed by atoms with Crippen LogP contribution in [0.15, 0.2) is 30.3 Å². The van der Waals surface area contributed by atoms with Gasteiger partial charge >= 0.3 is 5.92 Å². The van der Waals surface area contributed by atoms with Crippen molar-refractivity contribution in [2.75, 3.05) is 0 Å². The Balaban J connectivity index is 3.05. The molecular weight excluding hydrogens is 190 g/mol. The van der Waals surface area contributed by atoms with Crippen LogP contribution in [-0.4, -0.2) is 18.5 Å². The van der Waals surface area contributed by atoms with Crippen molar-refractivity contribution in [3.05, 3.63) is 35.9 Å². The summed E-state index contributed by atoms with van der Waals surface area (Å²) in [5, 5.41) is 0. The van der Waals surface area contributed by atoms with Gasteiger partial charge in [0.2, 0.25) is 0 Å². The highest BCUT2D eigenvalue weighted by Gasteiger charge is 2.40. The highest BCUT2D eigenvalue weighted by atomic mass is 19.3. The van der Waals surface area contributed by atoms with Gasteiger partial charge in [0.05, 0.1) is 0 Å². The molecule has 0 aliphatic carbocycles. The van der Waals surface area contributed by atoms with Gasteiger partial charge in [0.15, 0.2) is 6.29 Å². The molecule has 14 heavy (non-hydrogen) atoms. The summed E-state index contributed by atoms with van der Waals surface area (Å²) in [4.78, 5) is 20.6. The maximum Gasteiger partial charge on any atom is 0.315 e. The molecule has 4 heteroatoms. The second kappa shape index (κ2) is 4.09. The molecule has 0 aliphatic rings. The highest BCUT2D eigenvalue weighted by molar-refractivity contribution is 5.74. The third-order valence-corrected chi connectivity index (χ3v) is 1.87. The van der Waals surface area contributed by atoms with Crippen molar-refractivity contribution in [1.82, 2.24) is 0 Å². The van der Waals surface area contributed by atoms with Gasteiger partial charge < -0.3 is 4.79 Å². The van der Waals surface area contributed by atoms with Crippen LogP contribution in [0.25, 0.3) is 0 Å². The van der Waals surface area contributed by atoms with Crippen LogP contribution in [0.5, 0.6) is 0 Å². The van der Waals surface area contributed by atoms with E-state index >= 15 is 0 Å². The maximum atomic E-state index is 12.9. The normalized spacial score (nSPS) is 13.3. The summed E-state index contributed by atoms with van der Waals surface area (Å²) in [7, 11) is 0. The third-order valence-electron chi connectivity index (χ3n) is 1.87. The number of halogens is 2. The van der Waals surface area contributed by atoms with Crippen molar-refractivity contribution in [2.45, 2.75) is 11.8 Å². The van der Waals surface area contributed by atoms with Crippen molar-refractivity contribution in [3.63, 3.8) is 0 Å². The van der Waals surface area contributed by atoms with Crippen LogP contribution in [0.2, 0.25) is 0 Å². The molecule has 1 atom stereocenters. The summed E-state index contributed by atoms with van der Waals surface area (Å²) in [6.07, 6.45) is -0.414. The van der Waals surface area contributed by atoms with Crippen molar-refractivity contribution in [2.24, 2.45) is 0 Å². The lowest BCUT2D eigenvalue weighted by Gasteiger charge is -2.16. The van der Waals surface area contributed by atoms with Crippen LogP contribution in [0.4, 0.5) is 8.78 Å². The summed E-state index contributed by atoms with van der Waals surface area (Å²) in [5.41, 5.74) is 0.139. The SMILES string of the molecule is O=CC(c1ccccc1)C(F)(F)C=O. The van der Waals surface area contributed by atoms with Crippen LogP contribution in [0.1, 0.15) is 11.5 Å². The van der Waals surface area contributed by atoms with Crippen molar-refractivity contribution in [1.29, 1.82) is 0 Å². The Morgan fingerprint density at radius 3 is 2.14 bits per heavy atom. The van der Waals surface area contributed by atoms with Crippen molar-refractivity contribution in [3.8, 4) is 0 Å². The van der Waals surface area contributed by atoms with E-state index in [1.165, 1.54) is 24.3 Å². The molecule has 0 aromatic heterocycles. The van der Waals surface area contributed by atoms with E-state index in [1.54, 1.807) is 6.07 Å². The number of hydrogen-bond acceptors (Lipinski definition) is 2. The van der Waals surface area contributed by atoms with Crippen molar-refractivity contribution < 1.29 is 18.4 Å². The van der Waals surface area contributed by atoms with Crippen LogP contribution in [0.3, 0.4) is 0 Å². The molecule has 0 radical (unpaired) electrons. The van der Waals surface area contributed by atoms with E-state index in [4.69, 9.17) is 0 Å². The number of aldehydes is 2. The molecule has 0 spiro atoms. The molecule has 0 saturated carbocycles. The summed E-state index contributed by atoms with van der Waals surface area (Å²) in [6, 6.07) is 7.48. The van der Waals surface area contributed by atoms with E-state index in [0.29, 0.717) is 0 Å². The zero-order valence-corrected chi connectivity index (χ0v) is 7.19. The van der Waals surface area contributed by atoms with Gasteiger partial charge in [-0.1, -0.05) is 30.3 Å². The summed E-state index contributed by atoms with van der Waals surface area (Å²) in [6.45, 7) is 0. The zero-order chi connectivity index (χ0) is 10.6. The fourth-order valence-corrected chi connectivity index (χ4v) is 1.13. The topological polar surface area (TPSA) is 34.1 Å². The number of hydrogen-bond donors (Lipinski definition) is 0. The minimum absolute atomic E-state index is 0.0870. The number of carbonyl (C=O) groups excluding carboxylic acids is 2. The van der Waals surface area contributed by atoms with Gasteiger partial charge in [-0.15, -0.1) is 0 Å². The standard InChI is InChI=1S/C10H8F2O2/c11-10(12,7-14)9(6-13)8-4-2-1-3-5-8/h1-7,9H. The number of rotatable bonds is 4. The molecular formula is C10H8F2O2. The minimum Gasteiger partial charge on any atom is -0.302 e. The Morgan fingerprint density at radius 2 is 1.71 bits per heavy atom. The molecule has 0 bridgehead atoms. The lowest BCUT2D eigenvalue weighted by molar-refractivity contribution is -0.136. The number of carbonyl (C=O) groups is 2. The Hall–Kier alpha value is -1.58. The van der Waals surface area contributed by atoms with E-state index in [2.05, 4.69) is 0 Å². The lowest BCUT2D eigenvalue weighted by atomic mass is 9.95. The van der Waals surface area contributed by atoms with Crippen molar-refractivity contribution >= 4 is 12.6 Å². The summed E-state index contributed by atoms with van der Waals surface area (Å²) in [5.74, 6) is -5.33. The zero-order valence-electron chi connectivity index (χ0n) is 7.19. The Morgan fingerprint density at radius 1 is 1.14 bits per heavy atom. The van der Waals surface area contributed by atoms with Gasteiger partial charge in [0.1, 0.15) is 12.2 Å². The smallest absolute Gasteiger partial charge is 0.302 e. The lowest BCUT2D eigenvalue weighted by Crippen LogP contribution is -2.29. The first-order valence-corrected chi connectivity index (χ1v) is 3.96. The van der Waals surface area contributed by atoms with E-state index in [9.17, 15) is 18.4 Å². The highest BCUT2D eigenvalue weighted by Crippen LogP contribution is 2.29. The average Bonchev–Trinajstić information content (AvgIpc) is 2.20. The minimum atomic E-state index is -3.64. The summed E-state index contributed by atoms with van der Waals surface area (Å²) >= 11 is 0. The largest absolute Gasteiger partial charge is 0.315 e. The number of benzene rings is 1. The van der Waals surface area contributed by atoms with E-state index in [-0.39, 0.29) is 11.8 Å². The van der Waals surface area contributed by atoms with Crippen LogP contribution >= 0.6 is 0 Å². The van der Waals surface area contributed by atoms with E-state index in [0.717, 1.165) is 0 Å². The molecule has 0 amide bonds. The number of alkyl halides is 2. The van der Waals surface area contributed by atoms with Crippen LogP contribution in [0, 0.1) is 0 Å². The monoisotopic (exact) mass is 198 g/mol. The molecule has 1 aromatic rings. The van der Waals surface area contributed by atoms with Gasteiger partial charge in [-0.3, -0.25) is 4.79 Å². The molecule has 74 valence electrons. The van der Waals surface area contributed by atoms with Gasteiger partial charge in [-0.05, 0) is 5.56 Å². The first-order chi connectivity index (χ1) is 6.61. The second-order valence-electron chi connectivity index (χ2n) is 2.82. The maximum absolute atomic E-state index is 12.9. The first-order valence-electron chi connectivity index (χ1n) is 3.96. The predicted octanol–water partition coefficient (Wildman–Crippen LogP) is 1.80. The average molecular weight is 198 g/mol. The van der Waals surface area contributed by atoms with Crippen LogP contribution < -0.4 is 0 Å². The van der Waals surface area contributed by atoms with Gasteiger partial charge in [0.25, 0.3) is 0 Å². The molecule has 0 heterocycles. The van der Waals surface area contributed by atoms with E-state index in [1.807, 2.05) is 0 Å². The molecule has 2 nitrogen and oxygen atoms in total. The Labute approximate surface area is 79.5 Å². The van der Waals surface area contributed by atoms with Gasteiger partial charge in [-0.25, -0.2) is 0 Å². The first kappa shape index (κ1) is 10.5. The Kier molecular flexibility index (Phi) is 3.06. The third kappa shape index (κ3) is 2.02. The second-order valence-corrected chi connectivity index (χ2v) is 2.82. The quantitative estimate of drug-likeness (QED) is 0.691. The van der Waals surface area contributed by atoms with Gasteiger partial charge in [0, 0.05) is 0 Å². The molecule has 1 rings (SSSR count).